The highest BCUT2D eigenvalue weighted by molar-refractivity contribution is 5.94. The Hall–Kier alpha value is -5.02. The van der Waals surface area contributed by atoms with Gasteiger partial charge < -0.3 is 30.2 Å². The Kier molecular flexibility index (Phi) is 9.20. The number of carboxylic acids is 1. The quantitative estimate of drug-likeness (QED) is 0.188. The average Bonchev–Trinajstić information content (AvgIpc) is 3.41. The maximum atomic E-state index is 12.9. The van der Waals surface area contributed by atoms with Crippen LogP contribution in [0.1, 0.15) is 34.7 Å². The molecule has 4 N–H and O–H groups in total. The van der Waals surface area contributed by atoms with Crippen molar-refractivity contribution in [3.8, 4) is 22.9 Å². The number of carbonyl (C=O) groups excluding carboxylic acids is 1. The van der Waals surface area contributed by atoms with Crippen LogP contribution in [0.5, 0.6) is 11.5 Å². The molecule has 0 aliphatic carbocycles. The van der Waals surface area contributed by atoms with Gasteiger partial charge in [-0.15, -0.1) is 13.2 Å². The van der Waals surface area contributed by atoms with E-state index in [-0.39, 0.29) is 17.6 Å². The van der Waals surface area contributed by atoms with E-state index in [1.54, 1.807) is 30.3 Å². The fourth-order valence-electron chi connectivity index (χ4n) is 4.65. The molecular formula is C28H25F6N5O5. The molecule has 0 atom stereocenters. The minimum Gasteiger partial charge on any atom is -0.495 e. The van der Waals surface area contributed by atoms with Crippen LogP contribution in [0.2, 0.25) is 0 Å². The molecule has 2 aromatic heterocycles. The molecule has 234 valence electrons. The first-order valence-electron chi connectivity index (χ1n) is 12.9. The highest BCUT2D eigenvalue weighted by atomic mass is 19.4. The van der Waals surface area contributed by atoms with Crippen LogP contribution in [0, 0.1) is 0 Å². The number of nitrogen functional groups attached to an aromatic ring is 1. The van der Waals surface area contributed by atoms with Crippen molar-refractivity contribution in [2.45, 2.75) is 31.3 Å². The van der Waals surface area contributed by atoms with Crippen LogP contribution in [0.4, 0.5) is 32.0 Å². The number of carboxylic acid groups (broad SMARTS) is 1. The lowest BCUT2D eigenvalue weighted by Crippen LogP contribution is -2.38. The molecule has 0 bridgehead atoms. The zero-order chi connectivity index (χ0) is 32.2. The standard InChI is InChI=1S/C26H24F3N5O3.C2HF3O2/c1-36-21-7-4-17(14-20(21)30)23-32-22-19(8-11-31-24(22)33-23)15-9-12-34(13-10-15)25(35)16-2-5-18(6-3-16)37-26(27,28)29;3-2(4,5)1(6)7/h2-8,11,14-15H,9-10,12-13,30H2,1H3,(H,31,32,33);(H,6,7). The van der Waals surface area contributed by atoms with E-state index in [0.717, 1.165) is 41.6 Å². The average molecular weight is 626 g/mol. The first-order valence-corrected chi connectivity index (χ1v) is 12.9. The summed E-state index contributed by atoms with van der Waals surface area (Å²) in [5, 5.41) is 7.12. The molecule has 1 amide bonds. The number of anilines is 1. The highest BCUT2D eigenvalue weighted by Crippen LogP contribution is 2.34. The molecule has 0 saturated carbocycles. The molecule has 16 heteroatoms. The first-order chi connectivity index (χ1) is 20.7. The molecule has 1 aliphatic heterocycles. The number of fused-ring (bicyclic) bond motifs is 1. The van der Waals surface area contributed by atoms with Gasteiger partial charge in [-0.05, 0) is 72.9 Å². The van der Waals surface area contributed by atoms with Crippen molar-refractivity contribution in [1.29, 1.82) is 0 Å². The molecule has 1 fully saturated rings. The predicted molar refractivity (Wildman–Crippen MR) is 145 cm³/mol. The number of piperidine rings is 1. The third-order valence-corrected chi connectivity index (χ3v) is 6.72. The number of methoxy groups -OCH3 is 1. The van der Waals surface area contributed by atoms with Gasteiger partial charge in [-0.25, -0.2) is 14.8 Å². The normalized spacial score (nSPS) is 14.1. The minimum absolute atomic E-state index is 0.175. The topological polar surface area (TPSA) is 144 Å². The van der Waals surface area contributed by atoms with Gasteiger partial charge in [0.05, 0.1) is 12.8 Å². The number of alkyl halides is 6. The monoisotopic (exact) mass is 625 g/mol. The summed E-state index contributed by atoms with van der Waals surface area (Å²) in [6.45, 7) is 1.03. The number of nitrogens with one attached hydrogen (secondary N) is 1. The number of likely N-dealkylation sites (tertiary alicyclic amines) is 1. The van der Waals surface area contributed by atoms with E-state index in [9.17, 15) is 31.1 Å². The molecule has 44 heavy (non-hydrogen) atoms. The van der Waals surface area contributed by atoms with Crippen LogP contribution in [0.3, 0.4) is 0 Å². The maximum Gasteiger partial charge on any atom is 0.573 e. The minimum atomic E-state index is -5.08. The molecule has 3 heterocycles. The second kappa shape index (κ2) is 12.7. The number of halogens is 6. The van der Waals surface area contributed by atoms with E-state index < -0.39 is 18.5 Å². The Labute approximate surface area is 245 Å². The fraction of sp³-hybridized carbons (Fsp3) is 0.286. The van der Waals surface area contributed by atoms with E-state index in [1.165, 1.54) is 12.1 Å². The van der Waals surface area contributed by atoms with Crippen molar-refractivity contribution in [3.63, 3.8) is 0 Å². The number of rotatable bonds is 5. The zero-order valence-electron chi connectivity index (χ0n) is 22.9. The summed E-state index contributed by atoms with van der Waals surface area (Å²) in [4.78, 5) is 36.0. The number of pyridine rings is 1. The van der Waals surface area contributed by atoms with Gasteiger partial charge in [-0.1, -0.05) is 0 Å². The Morgan fingerprint density at radius 2 is 1.66 bits per heavy atom. The van der Waals surface area contributed by atoms with Gasteiger partial charge in [-0.3, -0.25) is 4.79 Å². The van der Waals surface area contributed by atoms with Crippen LogP contribution in [-0.2, 0) is 4.79 Å². The van der Waals surface area contributed by atoms with Gasteiger partial charge in [-0.2, -0.15) is 13.2 Å². The van der Waals surface area contributed by atoms with Gasteiger partial charge >= 0.3 is 18.5 Å². The zero-order valence-corrected chi connectivity index (χ0v) is 22.9. The maximum absolute atomic E-state index is 12.9. The Morgan fingerprint density at radius 1 is 1.02 bits per heavy atom. The molecule has 10 nitrogen and oxygen atoms in total. The number of nitrogens with two attached hydrogens (primary N) is 1. The lowest BCUT2D eigenvalue weighted by atomic mass is 9.89. The Morgan fingerprint density at radius 3 is 2.20 bits per heavy atom. The number of amides is 1. The summed E-state index contributed by atoms with van der Waals surface area (Å²) in [5.74, 6) is -1.93. The number of nitrogens with zero attached hydrogens (tertiary/aromatic N) is 3. The second-order valence-electron chi connectivity index (χ2n) is 9.58. The largest absolute Gasteiger partial charge is 0.573 e. The Balaban J connectivity index is 0.000000566. The summed E-state index contributed by atoms with van der Waals surface area (Å²) in [6.07, 6.45) is -6.68. The molecular weight excluding hydrogens is 600 g/mol. The van der Waals surface area contributed by atoms with Crippen LogP contribution < -0.4 is 15.2 Å². The SMILES string of the molecule is COc1ccc(-c2nc3c(C4CCN(C(=O)c5ccc(OC(F)(F)F)cc5)CC4)ccnc3[nH]2)cc1N.O=C(O)C(F)(F)F. The van der Waals surface area contributed by atoms with Crippen LogP contribution >= 0.6 is 0 Å². The first kappa shape index (κ1) is 31.9. The molecule has 0 spiro atoms. The van der Waals surface area contributed by atoms with E-state index in [1.807, 2.05) is 12.1 Å². The van der Waals surface area contributed by atoms with Gasteiger partial charge in [0.2, 0.25) is 0 Å². The van der Waals surface area contributed by atoms with Gasteiger partial charge in [0.25, 0.3) is 5.91 Å². The summed E-state index contributed by atoms with van der Waals surface area (Å²) in [7, 11) is 1.56. The van der Waals surface area contributed by atoms with Crippen molar-refractivity contribution >= 4 is 28.7 Å². The van der Waals surface area contributed by atoms with Crippen LogP contribution in [0.25, 0.3) is 22.6 Å². The number of aliphatic carboxylic acids is 1. The van der Waals surface area contributed by atoms with Gasteiger partial charge in [0.15, 0.2) is 5.65 Å². The Bertz CT molecular complexity index is 1630. The predicted octanol–water partition coefficient (Wildman–Crippen LogP) is 5.77. The number of ether oxygens (including phenoxy) is 2. The van der Waals surface area contributed by atoms with Gasteiger partial charge in [0, 0.05) is 30.4 Å². The van der Waals surface area contributed by atoms with Crippen molar-refractivity contribution in [1.82, 2.24) is 19.9 Å². The van der Waals surface area contributed by atoms with E-state index >= 15 is 0 Å². The summed E-state index contributed by atoms with van der Waals surface area (Å²) in [5.41, 5.74) is 10.2. The van der Waals surface area contributed by atoms with Crippen molar-refractivity contribution in [3.05, 3.63) is 65.9 Å². The molecule has 2 aromatic carbocycles. The summed E-state index contributed by atoms with van der Waals surface area (Å²) >= 11 is 0. The van der Waals surface area contributed by atoms with Crippen LogP contribution in [0.15, 0.2) is 54.7 Å². The lowest BCUT2D eigenvalue weighted by Gasteiger charge is -2.32. The third kappa shape index (κ3) is 7.67. The van der Waals surface area contributed by atoms with Crippen molar-refractivity contribution in [2.75, 3.05) is 25.9 Å². The van der Waals surface area contributed by atoms with Crippen molar-refractivity contribution in [2.24, 2.45) is 0 Å². The van der Waals surface area contributed by atoms with E-state index in [2.05, 4.69) is 14.7 Å². The number of imidazole rings is 1. The van der Waals surface area contributed by atoms with E-state index in [0.29, 0.717) is 41.6 Å². The fourth-order valence-corrected chi connectivity index (χ4v) is 4.65. The molecule has 4 aromatic rings. The molecule has 1 saturated heterocycles. The number of H-pyrrole nitrogens is 1. The number of aromatic amines is 1. The molecule has 5 rings (SSSR count). The number of benzene rings is 2. The summed E-state index contributed by atoms with van der Waals surface area (Å²) in [6, 6.07) is 12.4. The van der Waals surface area contributed by atoms with Crippen LogP contribution in [-0.4, -0.2) is 69.6 Å². The van der Waals surface area contributed by atoms with Crippen molar-refractivity contribution < 1.29 is 50.5 Å². The second-order valence-corrected chi connectivity index (χ2v) is 9.58. The molecule has 0 unspecified atom stereocenters. The number of hydrogen-bond donors (Lipinski definition) is 3. The molecule has 1 aliphatic rings. The smallest absolute Gasteiger partial charge is 0.495 e. The third-order valence-electron chi connectivity index (χ3n) is 6.72. The molecule has 0 radical (unpaired) electrons. The number of carbonyl (C=O) groups is 2. The number of aromatic nitrogens is 3. The van der Waals surface area contributed by atoms with E-state index in [4.69, 9.17) is 25.4 Å². The lowest BCUT2D eigenvalue weighted by molar-refractivity contribution is -0.274. The highest BCUT2D eigenvalue weighted by Gasteiger charge is 2.38. The van der Waals surface area contributed by atoms with Gasteiger partial charge in [0.1, 0.15) is 22.8 Å². The number of hydrogen-bond acceptors (Lipinski definition) is 7. The summed E-state index contributed by atoms with van der Waals surface area (Å²) < 4.78 is 78.0.